The van der Waals surface area contributed by atoms with Crippen molar-refractivity contribution in [2.24, 2.45) is 5.92 Å². The molecule has 2 aromatic rings. The first kappa shape index (κ1) is 13.1. The van der Waals surface area contributed by atoms with Gasteiger partial charge in [-0.25, -0.2) is 0 Å². The SMILES string of the molecule is C/C=C1/CN2CC[C@@H]1[C@](C)(O)c1[nH]c3ccccc3c1C2. The largest absolute Gasteiger partial charge is 0.383 e. The number of nitrogens with zero attached hydrogens (tertiary/aromatic N) is 1. The van der Waals surface area contributed by atoms with Crippen LogP contribution in [0.1, 0.15) is 31.5 Å². The number of para-hydroxylation sites is 1. The minimum absolute atomic E-state index is 0.214. The third-order valence-electron chi connectivity index (χ3n) is 5.34. The Morgan fingerprint density at radius 1 is 1.33 bits per heavy atom. The average Bonchev–Trinajstić information content (AvgIpc) is 2.85. The topological polar surface area (TPSA) is 39.3 Å². The van der Waals surface area contributed by atoms with E-state index in [4.69, 9.17) is 0 Å². The monoisotopic (exact) mass is 282 g/mol. The van der Waals surface area contributed by atoms with Gasteiger partial charge in [0.25, 0.3) is 0 Å². The van der Waals surface area contributed by atoms with Crippen molar-refractivity contribution in [1.82, 2.24) is 9.88 Å². The van der Waals surface area contributed by atoms with Crippen LogP contribution in [0, 0.1) is 5.92 Å². The Kier molecular flexibility index (Phi) is 2.78. The molecule has 0 saturated carbocycles. The molecular weight excluding hydrogens is 260 g/mol. The van der Waals surface area contributed by atoms with E-state index in [0.717, 1.165) is 37.3 Å². The molecule has 3 atom stereocenters. The number of nitrogens with one attached hydrogen (secondary N) is 1. The summed E-state index contributed by atoms with van der Waals surface area (Å²) in [5.41, 5.74) is 3.97. The number of hydrogen-bond acceptors (Lipinski definition) is 2. The number of aromatic amines is 1. The molecule has 0 spiro atoms. The highest BCUT2D eigenvalue weighted by Crippen LogP contribution is 2.44. The quantitative estimate of drug-likeness (QED) is 0.729. The molecule has 1 aromatic carbocycles. The Morgan fingerprint density at radius 2 is 2.14 bits per heavy atom. The number of benzene rings is 1. The van der Waals surface area contributed by atoms with Crippen LogP contribution in [-0.2, 0) is 12.1 Å². The molecule has 1 saturated heterocycles. The van der Waals surface area contributed by atoms with Gasteiger partial charge in [-0.3, -0.25) is 4.90 Å². The Labute approximate surface area is 125 Å². The van der Waals surface area contributed by atoms with Crippen LogP contribution in [0.15, 0.2) is 35.9 Å². The van der Waals surface area contributed by atoms with E-state index < -0.39 is 5.60 Å². The maximum absolute atomic E-state index is 11.3. The predicted molar refractivity (Wildman–Crippen MR) is 85.0 cm³/mol. The second kappa shape index (κ2) is 4.46. The zero-order valence-corrected chi connectivity index (χ0v) is 12.7. The molecule has 1 fully saturated rings. The van der Waals surface area contributed by atoms with Crippen LogP contribution in [0.5, 0.6) is 0 Å². The Bertz CT molecular complexity index is 726. The lowest BCUT2D eigenvalue weighted by molar-refractivity contribution is -0.0203. The first-order valence-corrected chi connectivity index (χ1v) is 7.81. The van der Waals surface area contributed by atoms with Crippen molar-refractivity contribution in [2.75, 3.05) is 13.1 Å². The molecule has 3 aliphatic heterocycles. The summed E-state index contributed by atoms with van der Waals surface area (Å²) in [6.07, 6.45) is 3.22. The molecule has 3 nitrogen and oxygen atoms in total. The van der Waals surface area contributed by atoms with E-state index >= 15 is 0 Å². The van der Waals surface area contributed by atoms with E-state index in [2.05, 4.69) is 41.1 Å². The van der Waals surface area contributed by atoms with Crippen LogP contribution in [0.4, 0.5) is 0 Å². The van der Waals surface area contributed by atoms with Gasteiger partial charge in [0, 0.05) is 29.9 Å². The minimum atomic E-state index is -0.817. The van der Waals surface area contributed by atoms with Crippen LogP contribution in [0.3, 0.4) is 0 Å². The van der Waals surface area contributed by atoms with Crippen LogP contribution >= 0.6 is 0 Å². The fourth-order valence-corrected chi connectivity index (χ4v) is 4.21. The fraction of sp³-hybridized carbons (Fsp3) is 0.444. The van der Waals surface area contributed by atoms with Crippen molar-refractivity contribution in [2.45, 2.75) is 32.4 Å². The summed E-state index contributed by atoms with van der Waals surface area (Å²) >= 11 is 0. The zero-order chi connectivity index (χ0) is 14.6. The first-order valence-electron chi connectivity index (χ1n) is 7.81. The van der Waals surface area contributed by atoms with Gasteiger partial charge in [0.1, 0.15) is 5.60 Å². The van der Waals surface area contributed by atoms with Gasteiger partial charge in [-0.2, -0.15) is 0 Å². The van der Waals surface area contributed by atoms with E-state index in [-0.39, 0.29) is 5.92 Å². The van der Waals surface area contributed by atoms with Crippen molar-refractivity contribution in [1.29, 1.82) is 0 Å². The summed E-state index contributed by atoms with van der Waals surface area (Å²) in [4.78, 5) is 6.00. The second-order valence-electron chi connectivity index (χ2n) is 6.59. The van der Waals surface area contributed by atoms with Gasteiger partial charge < -0.3 is 10.1 Å². The minimum Gasteiger partial charge on any atom is -0.383 e. The van der Waals surface area contributed by atoms with Gasteiger partial charge >= 0.3 is 0 Å². The number of aliphatic hydroxyl groups is 1. The lowest BCUT2D eigenvalue weighted by Gasteiger charge is -2.44. The lowest BCUT2D eigenvalue weighted by atomic mass is 9.74. The maximum atomic E-state index is 11.3. The van der Waals surface area contributed by atoms with Crippen molar-refractivity contribution in [3.8, 4) is 0 Å². The molecule has 1 aromatic heterocycles. The number of rotatable bonds is 0. The molecule has 3 aliphatic rings. The number of allylic oxidation sites excluding steroid dienone is 1. The summed E-state index contributed by atoms with van der Waals surface area (Å²) in [5.74, 6) is 0.214. The molecule has 5 rings (SSSR count). The molecular formula is C18H22N2O. The van der Waals surface area contributed by atoms with Crippen LogP contribution in [0.25, 0.3) is 10.9 Å². The Balaban J connectivity index is 1.99. The fourth-order valence-electron chi connectivity index (χ4n) is 4.21. The summed E-state index contributed by atoms with van der Waals surface area (Å²) in [6.45, 7) is 7.04. The third-order valence-corrected chi connectivity index (χ3v) is 5.34. The van der Waals surface area contributed by atoms with Gasteiger partial charge in [-0.05, 0) is 38.4 Å². The molecule has 0 amide bonds. The van der Waals surface area contributed by atoms with Gasteiger partial charge in [0.15, 0.2) is 0 Å². The zero-order valence-electron chi connectivity index (χ0n) is 12.7. The third kappa shape index (κ3) is 1.81. The van der Waals surface area contributed by atoms with Crippen molar-refractivity contribution < 1.29 is 5.11 Å². The Morgan fingerprint density at radius 3 is 2.95 bits per heavy atom. The number of H-pyrrole nitrogens is 1. The van der Waals surface area contributed by atoms with Crippen LogP contribution in [0.2, 0.25) is 0 Å². The molecule has 0 aliphatic carbocycles. The van der Waals surface area contributed by atoms with Gasteiger partial charge in [-0.1, -0.05) is 29.8 Å². The van der Waals surface area contributed by atoms with Crippen molar-refractivity contribution in [3.63, 3.8) is 0 Å². The normalized spacial score (nSPS) is 34.0. The van der Waals surface area contributed by atoms with E-state index in [1.54, 1.807) is 0 Å². The molecule has 2 bridgehead atoms. The molecule has 2 N–H and O–H groups in total. The van der Waals surface area contributed by atoms with E-state index in [0.29, 0.717) is 0 Å². The molecule has 0 radical (unpaired) electrons. The highest BCUT2D eigenvalue weighted by molar-refractivity contribution is 5.85. The van der Waals surface area contributed by atoms with Crippen LogP contribution < -0.4 is 0 Å². The second-order valence-corrected chi connectivity index (χ2v) is 6.59. The van der Waals surface area contributed by atoms with Crippen LogP contribution in [-0.4, -0.2) is 28.1 Å². The van der Waals surface area contributed by atoms with Crippen molar-refractivity contribution >= 4 is 10.9 Å². The summed E-state index contributed by atoms with van der Waals surface area (Å²) in [5, 5.41) is 12.6. The number of aromatic nitrogens is 1. The van der Waals surface area contributed by atoms with Gasteiger partial charge in [-0.15, -0.1) is 0 Å². The highest BCUT2D eigenvalue weighted by atomic mass is 16.3. The highest BCUT2D eigenvalue weighted by Gasteiger charge is 2.43. The molecule has 1 unspecified atom stereocenters. The number of hydrogen-bond donors (Lipinski definition) is 2. The first-order chi connectivity index (χ1) is 10.1. The standard InChI is InChI=1S/C18H22N2O/c1-3-12-10-20-9-8-15(12)18(2,21)17-14(11-20)13-6-4-5-7-16(13)19-17/h3-7,15,19,21H,8-11H2,1-2H3/b12-3-/t15-,18-/m0/s1. The molecule has 21 heavy (non-hydrogen) atoms. The smallest absolute Gasteiger partial charge is 0.108 e. The predicted octanol–water partition coefficient (Wildman–Crippen LogP) is 3.16. The Hall–Kier alpha value is -1.58. The summed E-state index contributed by atoms with van der Waals surface area (Å²) in [7, 11) is 0. The van der Waals surface area contributed by atoms with E-state index in [9.17, 15) is 5.11 Å². The number of fused-ring (bicyclic) bond motifs is 3. The van der Waals surface area contributed by atoms with E-state index in [1.807, 2.05) is 13.0 Å². The van der Waals surface area contributed by atoms with Crippen molar-refractivity contribution in [3.05, 3.63) is 47.2 Å². The van der Waals surface area contributed by atoms with E-state index in [1.165, 1.54) is 16.5 Å². The number of piperidine rings is 1. The van der Waals surface area contributed by atoms with Gasteiger partial charge in [0.05, 0.1) is 5.69 Å². The summed E-state index contributed by atoms with van der Waals surface area (Å²) < 4.78 is 0. The maximum Gasteiger partial charge on any atom is 0.108 e. The summed E-state index contributed by atoms with van der Waals surface area (Å²) in [6, 6.07) is 8.39. The molecule has 3 heteroatoms. The molecule has 110 valence electrons. The molecule has 4 heterocycles. The average molecular weight is 282 g/mol. The lowest BCUT2D eigenvalue weighted by Crippen LogP contribution is -2.46. The van der Waals surface area contributed by atoms with Gasteiger partial charge in [0.2, 0.25) is 0 Å².